The smallest absolute Gasteiger partial charge is 0.0641 e. The quantitative estimate of drug-likeness (QED) is 0.651. The highest BCUT2D eigenvalue weighted by Crippen LogP contribution is 2.28. The number of hydrogen-bond acceptors (Lipinski definition) is 4. The molecule has 0 bridgehead atoms. The summed E-state index contributed by atoms with van der Waals surface area (Å²) in [5, 5.41) is 0. The Balaban J connectivity index is 2.90. The van der Waals surface area contributed by atoms with E-state index in [1.807, 2.05) is 26.8 Å². The van der Waals surface area contributed by atoms with Gasteiger partial charge in [0, 0.05) is 42.5 Å². The standard InChI is InChI=1S/C16H27BrN2O2/c1-4-20-10-8-19(9-11-21-5-2)16-12-14(17)6-7-15(16)13(3)18/h6-7,12-13H,4-5,8-11,18H2,1-3H3. The first kappa shape index (κ1) is 18.4. The Kier molecular flexibility index (Phi) is 8.92. The van der Waals surface area contributed by atoms with Crippen molar-refractivity contribution in [2.75, 3.05) is 44.4 Å². The largest absolute Gasteiger partial charge is 0.380 e. The van der Waals surface area contributed by atoms with Crippen molar-refractivity contribution in [3.05, 3.63) is 28.2 Å². The van der Waals surface area contributed by atoms with E-state index in [1.165, 1.54) is 0 Å². The number of halogens is 1. The molecule has 0 fully saturated rings. The molecule has 1 aromatic carbocycles. The highest BCUT2D eigenvalue weighted by molar-refractivity contribution is 9.10. The lowest BCUT2D eigenvalue weighted by molar-refractivity contribution is 0.141. The maximum Gasteiger partial charge on any atom is 0.0641 e. The van der Waals surface area contributed by atoms with E-state index in [2.05, 4.69) is 33.0 Å². The first-order chi connectivity index (χ1) is 10.1. The minimum absolute atomic E-state index is 0.00483. The predicted molar refractivity (Wildman–Crippen MR) is 91.9 cm³/mol. The molecule has 0 aliphatic rings. The number of nitrogens with two attached hydrogens (primary N) is 1. The molecule has 5 heteroatoms. The maximum absolute atomic E-state index is 6.11. The molecular weight excluding hydrogens is 332 g/mol. The van der Waals surface area contributed by atoms with Crippen LogP contribution in [0.4, 0.5) is 5.69 Å². The molecule has 0 spiro atoms. The van der Waals surface area contributed by atoms with Crippen molar-refractivity contribution in [3.63, 3.8) is 0 Å². The van der Waals surface area contributed by atoms with Gasteiger partial charge in [0.05, 0.1) is 13.2 Å². The molecule has 0 heterocycles. The molecule has 0 amide bonds. The van der Waals surface area contributed by atoms with E-state index in [1.54, 1.807) is 0 Å². The Labute approximate surface area is 136 Å². The lowest BCUT2D eigenvalue weighted by Crippen LogP contribution is -2.32. The van der Waals surface area contributed by atoms with Gasteiger partial charge < -0.3 is 20.1 Å². The lowest BCUT2D eigenvalue weighted by atomic mass is 10.1. The van der Waals surface area contributed by atoms with Crippen LogP contribution >= 0.6 is 15.9 Å². The van der Waals surface area contributed by atoms with Gasteiger partial charge in [0.15, 0.2) is 0 Å². The monoisotopic (exact) mass is 358 g/mol. The molecule has 21 heavy (non-hydrogen) atoms. The van der Waals surface area contributed by atoms with Crippen LogP contribution in [0.1, 0.15) is 32.4 Å². The summed E-state index contributed by atoms with van der Waals surface area (Å²) in [4.78, 5) is 2.29. The zero-order chi connectivity index (χ0) is 15.7. The molecule has 0 aliphatic carbocycles. The van der Waals surface area contributed by atoms with Crippen molar-refractivity contribution in [2.45, 2.75) is 26.8 Å². The normalized spacial score (nSPS) is 12.4. The fourth-order valence-corrected chi connectivity index (χ4v) is 2.52. The summed E-state index contributed by atoms with van der Waals surface area (Å²) in [5.74, 6) is 0. The van der Waals surface area contributed by atoms with E-state index in [0.29, 0.717) is 13.2 Å². The van der Waals surface area contributed by atoms with Gasteiger partial charge in [0.2, 0.25) is 0 Å². The van der Waals surface area contributed by atoms with Gasteiger partial charge in [-0.15, -0.1) is 0 Å². The number of rotatable bonds is 10. The van der Waals surface area contributed by atoms with Crippen molar-refractivity contribution < 1.29 is 9.47 Å². The molecule has 1 rings (SSSR count). The van der Waals surface area contributed by atoms with Crippen molar-refractivity contribution in [1.29, 1.82) is 0 Å². The molecule has 1 unspecified atom stereocenters. The zero-order valence-corrected chi connectivity index (χ0v) is 14.9. The van der Waals surface area contributed by atoms with Crippen molar-refractivity contribution in [2.24, 2.45) is 5.73 Å². The summed E-state index contributed by atoms with van der Waals surface area (Å²) < 4.78 is 12.0. The van der Waals surface area contributed by atoms with Gasteiger partial charge in [-0.3, -0.25) is 0 Å². The second-order valence-electron chi connectivity index (χ2n) is 4.87. The maximum atomic E-state index is 6.11. The number of ether oxygens (including phenoxy) is 2. The molecule has 0 aromatic heterocycles. The van der Waals surface area contributed by atoms with Crippen LogP contribution in [0.15, 0.2) is 22.7 Å². The lowest BCUT2D eigenvalue weighted by Gasteiger charge is -2.28. The van der Waals surface area contributed by atoms with E-state index in [4.69, 9.17) is 15.2 Å². The average molecular weight is 359 g/mol. The van der Waals surface area contributed by atoms with E-state index in [0.717, 1.165) is 42.0 Å². The highest BCUT2D eigenvalue weighted by atomic mass is 79.9. The van der Waals surface area contributed by atoms with Crippen LogP contribution in [0.5, 0.6) is 0 Å². The third-order valence-electron chi connectivity index (χ3n) is 3.24. The first-order valence-electron chi connectivity index (χ1n) is 7.55. The van der Waals surface area contributed by atoms with Gasteiger partial charge in [-0.25, -0.2) is 0 Å². The Morgan fingerprint density at radius 2 is 1.71 bits per heavy atom. The third-order valence-corrected chi connectivity index (χ3v) is 3.74. The summed E-state index contributed by atoms with van der Waals surface area (Å²) in [6.07, 6.45) is 0. The molecule has 0 aliphatic heterocycles. The number of hydrogen-bond donors (Lipinski definition) is 1. The molecule has 2 N–H and O–H groups in total. The van der Waals surface area contributed by atoms with E-state index in [-0.39, 0.29) is 6.04 Å². The Bertz CT molecular complexity index is 403. The topological polar surface area (TPSA) is 47.7 Å². The molecule has 0 radical (unpaired) electrons. The van der Waals surface area contributed by atoms with Gasteiger partial charge in [0.25, 0.3) is 0 Å². The molecule has 0 saturated heterocycles. The second-order valence-corrected chi connectivity index (χ2v) is 5.79. The molecule has 4 nitrogen and oxygen atoms in total. The van der Waals surface area contributed by atoms with Crippen LogP contribution in [0.2, 0.25) is 0 Å². The summed E-state index contributed by atoms with van der Waals surface area (Å²) in [7, 11) is 0. The third kappa shape index (κ3) is 6.34. The van der Waals surface area contributed by atoms with Crippen LogP contribution in [-0.2, 0) is 9.47 Å². The van der Waals surface area contributed by atoms with E-state index >= 15 is 0 Å². The summed E-state index contributed by atoms with van der Waals surface area (Å²) in [5.41, 5.74) is 8.40. The van der Waals surface area contributed by atoms with Gasteiger partial charge in [-0.2, -0.15) is 0 Å². The average Bonchev–Trinajstić information content (AvgIpc) is 2.45. The van der Waals surface area contributed by atoms with E-state index in [9.17, 15) is 0 Å². The molecular formula is C16H27BrN2O2. The minimum Gasteiger partial charge on any atom is -0.380 e. The van der Waals surface area contributed by atoms with Crippen LogP contribution in [0.3, 0.4) is 0 Å². The van der Waals surface area contributed by atoms with Crippen molar-refractivity contribution in [1.82, 2.24) is 0 Å². The number of anilines is 1. The molecule has 0 saturated carbocycles. The van der Waals surface area contributed by atoms with Crippen LogP contribution < -0.4 is 10.6 Å². The SMILES string of the molecule is CCOCCN(CCOCC)c1cc(Br)ccc1C(C)N. The van der Waals surface area contributed by atoms with Gasteiger partial charge in [-0.1, -0.05) is 22.0 Å². The molecule has 1 aromatic rings. The summed E-state index contributed by atoms with van der Waals surface area (Å²) in [6.45, 7) is 10.6. The Morgan fingerprint density at radius 3 is 2.19 bits per heavy atom. The Morgan fingerprint density at radius 1 is 1.14 bits per heavy atom. The fraction of sp³-hybridized carbons (Fsp3) is 0.625. The van der Waals surface area contributed by atoms with E-state index < -0.39 is 0 Å². The highest BCUT2D eigenvalue weighted by Gasteiger charge is 2.14. The van der Waals surface area contributed by atoms with Crippen molar-refractivity contribution >= 4 is 21.6 Å². The summed E-state index contributed by atoms with van der Waals surface area (Å²) >= 11 is 3.55. The van der Waals surface area contributed by atoms with Crippen molar-refractivity contribution in [3.8, 4) is 0 Å². The minimum atomic E-state index is -0.00483. The predicted octanol–water partition coefficient (Wildman–Crippen LogP) is 3.35. The molecule has 1 atom stereocenters. The zero-order valence-electron chi connectivity index (χ0n) is 13.3. The van der Waals surface area contributed by atoms with Gasteiger partial charge in [0.1, 0.15) is 0 Å². The first-order valence-corrected chi connectivity index (χ1v) is 8.34. The number of benzene rings is 1. The van der Waals surface area contributed by atoms with Gasteiger partial charge in [-0.05, 0) is 38.5 Å². The number of nitrogens with zero attached hydrogens (tertiary/aromatic N) is 1. The Hall–Kier alpha value is -0.620. The van der Waals surface area contributed by atoms with Crippen LogP contribution in [0, 0.1) is 0 Å². The van der Waals surface area contributed by atoms with Crippen LogP contribution in [0.25, 0.3) is 0 Å². The van der Waals surface area contributed by atoms with Crippen LogP contribution in [-0.4, -0.2) is 39.5 Å². The molecule has 120 valence electrons. The fourth-order valence-electron chi connectivity index (χ4n) is 2.17. The second kappa shape index (κ2) is 10.2. The summed E-state index contributed by atoms with van der Waals surface area (Å²) in [6, 6.07) is 6.23. The van der Waals surface area contributed by atoms with Gasteiger partial charge >= 0.3 is 0 Å².